The zero-order valence-electron chi connectivity index (χ0n) is 4.41. The van der Waals surface area contributed by atoms with Crippen molar-refractivity contribution in [2.75, 3.05) is 11.5 Å². The van der Waals surface area contributed by atoms with Crippen LogP contribution in [0.25, 0.3) is 0 Å². The summed E-state index contributed by atoms with van der Waals surface area (Å²) in [6.45, 7) is 2.02. The van der Waals surface area contributed by atoms with E-state index in [0.29, 0.717) is 10.5 Å². The molecule has 1 saturated heterocycles. The first-order valence-electron chi connectivity index (χ1n) is 2.47. The fourth-order valence-electron chi connectivity index (χ4n) is 0.570. The summed E-state index contributed by atoms with van der Waals surface area (Å²) in [6.07, 6.45) is 1.40. The first-order valence-corrected chi connectivity index (χ1v) is 4.41. The summed E-state index contributed by atoms with van der Waals surface area (Å²) in [5.74, 6) is 2.71. The number of halogens is 1. The molecule has 7 heavy (non-hydrogen) atoms. The standard InChI is InChI=1S/C5H9ClS/c1-5(6)7-3-2-4-7/h2-4H2,1H3. The smallest absolute Gasteiger partial charge is 0.0384 e. The van der Waals surface area contributed by atoms with Crippen molar-refractivity contribution in [3.63, 3.8) is 0 Å². The summed E-state index contributed by atoms with van der Waals surface area (Å²) in [4.78, 5) is 0. The van der Waals surface area contributed by atoms with Crippen LogP contribution in [0.5, 0.6) is 0 Å². The van der Waals surface area contributed by atoms with E-state index >= 15 is 0 Å². The summed E-state index contributed by atoms with van der Waals surface area (Å²) < 4.78 is 1.13. The number of hydrogen-bond acceptors (Lipinski definition) is 0. The van der Waals surface area contributed by atoms with Crippen molar-refractivity contribution in [2.24, 2.45) is 0 Å². The quantitative estimate of drug-likeness (QED) is 0.353. The number of rotatable bonds is 0. The molecule has 42 valence electrons. The highest BCUT2D eigenvalue weighted by Crippen LogP contribution is 2.28. The largest absolute Gasteiger partial charge is 0.172 e. The molecule has 0 amide bonds. The zero-order valence-corrected chi connectivity index (χ0v) is 5.98. The molecular formula is C5H9ClS. The lowest BCUT2D eigenvalue weighted by molar-refractivity contribution is 1.06. The van der Waals surface area contributed by atoms with E-state index in [1.165, 1.54) is 17.9 Å². The van der Waals surface area contributed by atoms with E-state index in [-0.39, 0.29) is 0 Å². The minimum absolute atomic E-state index is 0.534. The molecule has 1 aliphatic rings. The molecular weight excluding hydrogens is 128 g/mol. The molecule has 0 radical (unpaired) electrons. The predicted octanol–water partition coefficient (Wildman–Crippen LogP) is 2.05. The maximum absolute atomic E-state index is 5.71. The van der Waals surface area contributed by atoms with Crippen LogP contribution in [-0.2, 0) is 0 Å². The van der Waals surface area contributed by atoms with Crippen molar-refractivity contribution in [1.29, 1.82) is 0 Å². The third-order valence-corrected chi connectivity index (χ3v) is 4.19. The van der Waals surface area contributed by atoms with Gasteiger partial charge in [0.25, 0.3) is 0 Å². The molecule has 0 unspecified atom stereocenters. The van der Waals surface area contributed by atoms with Crippen LogP contribution in [0.2, 0.25) is 0 Å². The van der Waals surface area contributed by atoms with E-state index in [2.05, 4.69) is 0 Å². The minimum atomic E-state index is 0.534. The van der Waals surface area contributed by atoms with Crippen LogP contribution in [0.3, 0.4) is 0 Å². The van der Waals surface area contributed by atoms with E-state index in [1.807, 2.05) is 6.92 Å². The molecule has 1 rings (SSSR count). The van der Waals surface area contributed by atoms with Crippen molar-refractivity contribution in [1.82, 2.24) is 0 Å². The van der Waals surface area contributed by atoms with Crippen LogP contribution in [0, 0.1) is 0 Å². The minimum Gasteiger partial charge on any atom is -0.172 e. The fraction of sp³-hybridized carbons (Fsp3) is 0.800. The lowest BCUT2D eigenvalue weighted by atomic mass is 10.5. The zero-order chi connectivity index (χ0) is 5.28. The molecule has 0 aromatic carbocycles. The lowest BCUT2D eigenvalue weighted by Gasteiger charge is -2.18. The van der Waals surface area contributed by atoms with E-state index < -0.39 is 0 Å². The van der Waals surface area contributed by atoms with Gasteiger partial charge in [0.2, 0.25) is 0 Å². The van der Waals surface area contributed by atoms with Crippen LogP contribution < -0.4 is 0 Å². The van der Waals surface area contributed by atoms with E-state index in [4.69, 9.17) is 11.6 Å². The molecule has 0 spiro atoms. The first kappa shape index (κ1) is 5.64. The molecule has 0 aromatic heterocycles. The molecule has 1 aliphatic heterocycles. The molecule has 0 saturated carbocycles. The second kappa shape index (κ2) is 2.19. The second-order valence-corrected chi connectivity index (χ2v) is 4.93. The summed E-state index contributed by atoms with van der Waals surface area (Å²) >= 11 is 5.71. The van der Waals surface area contributed by atoms with Crippen LogP contribution >= 0.6 is 22.1 Å². The van der Waals surface area contributed by atoms with Crippen molar-refractivity contribution < 1.29 is 0 Å². The van der Waals surface area contributed by atoms with Gasteiger partial charge in [0.1, 0.15) is 0 Å². The normalized spacial score (nSPS) is 21.4. The molecule has 0 nitrogen and oxygen atoms in total. The van der Waals surface area contributed by atoms with Crippen LogP contribution in [-0.4, -0.2) is 15.8 Å². The van der Waals surface area contributed by atoms with Gasteiger partial charge in [-0.15, -0.1) is 0 Å². The van der Waals surface area contributed by atoms with Crippen molar-refractivity contribution >= 4 is 26.4 Å². The Bertz CT molecular complexity index is 96.6. The van der Waals surface area contributed by atoms with Crippen molar-refractivity contribution in [3.8, 4) is 0 Å². The predicted molar refractivity (Wildman–Crippen MR) is 38.5 cm³/mol. The summed E-state index contributed by atoms with van der Waals surface area (Å²) in [5.41, 5.74) is 0. The highest BCUT2D eigenvalue weighted by molar-refractivity contribution is 8.18. The molecule has 0 N–H and O–H groups in total. The Morgan fingerprint density at radius 1 is 1.57 bits per heavy atom. The highest BCUT2D eigenvalue weighted by Gasteiger charge is 2.07. The Morgan fingerprint density at radius 2 is 2.14 bits per heavy atom. The van der Waals surface area contributed by atoms with E-state index in [9.17, 15) is 0 Å². The summed E-state index contributed by atoms with van der Waals surface area (Å²) in [6, 6.07) is 0. The maximum Gasteiger partial charge on any atom is 0.0384 e. The molecule has 1 heterocycles. The molecule has 0 aliphatic carbocycles. The van der Waals surface area contributed by atoms with Gasteiger partial charge in [-0.05, 0) is 24.9 Å². The van der Waals surface area contributed by atoms with Gasteiger partial charge >= 0.3 is 0 Å². The topological polar surface area (TPSA) is 0 Å². The number of hydrogen-bond donors (Lipinski definition) is 0. The maximum atomic E-state index is 5.71. The van der Waals surface area contributed by atoms with Gasteiger partial charge in [-0.2, -0.15) is 10.5 Å². The Morgan fingerprint density at radius 3 is 2.14 bits per heavy atom. The first-order chi connectivity index (χ1) is 3.30. The highest BCUT2D eigenvalue weighted by atomic mass is 35.5. The molecule has 1 fully saturated rings. The molecule has 0 bridgehead atoms. The van der Waals surface area contributed by atoms with Crippen molar-refractivity contribution in [2.45, 2.75) is 13.3 Å². The third kappa shape index (κ3) is 1.20. The summed E-state index contributed by atoms with van der Waals surface area (Å²) in [7, 11) is 0.534. The van der Waals surface area contributed by atoms with E-state index in [0.717, 1.165) is 4.32 Å². The Kier molecular flexibility index (Phi) is 1.76. The molecule has 2 heteroatoms. The van der Waals surface area contributed by atoms with Gasteiger partial charge in [-0.25, -0.2) is 0 Å². The van der Waals surface area contributed by atoms with Crippen LogP contribution in [0.1, 0.15) is 13.3 Å². The summed E-state index contributed by atoms with van der Waals surface area (Å²) in [5, 5.41) is 0. The lowest BCUT2D eigenvalue weighted by Crippen LogP contribution is -2.04. The van der Waals surface area contributed by atoms with Crippen LogP contribution in [0.4, 0.5) is 0 Å². The SMILES string of the molecule is CC(Cl)=S1CCC1. The van der Waals surface area contributed by atoms with Gasteiger partial charge in [0.15, 0.2) is 0 Å². The van der Waals surface area contributed by atoms with E-state index in [1.54, 1.807) is 0 Å². The van der Waals surface area contributed by atoms with Gasteiger partial charge in [-0.3, -0.25) is 0 Å². The van der Waals surface area contributed by atoms with Gasteiger partial charge in [0.05, 0.1) is 0 Å². The Balaban J connectivity index is 2.52. The monoisotopic (exact) mass is 136 g/mol. The molecule has 0 atom stereocenters. The molecule has 0 aromatic rings. The average Bonchev–Trinajstić information content (AvgIpc) is 1.23. The van der Waals surface area contributed by atoms with Gasteiger partial charge < -0.3 is 0 Å². The van der Waals surface area contributed by atoms with Gasteiger partial charge in [0, 0.05) is 4.32 Å². The Hall–Kier alpha value is 0.510. The van der Waals surface area contributed by atoms with Crippen molar-refractivity contribution in [3.05, 3.63) is 0 Å². The van der Waals surface area contributed by atoms with Gasteiger partial charge in [-0.1, -0.05) is 11.6 Å². The Labute approximate surface area is 51.8 Å². The average molecular weight is 137 g/mol. The second-order valence-electron chi connectivity index (χ2n) is 1.72. The van der Waals surface area contributed by atoms with Crippen LogP contribution in [0.15, 0.2) is 0 Å². The fourth-order valence-corrected chi connectivity index (χ4v) is 2.17. The third-order valence-electron chi connectivity index (χ3n) is 1.18.